The third kappa shape index (κ3) is 4.01. The molecule has 28 heavy (non-hydrogen) atoms. The van der Waals surface area contributed by atoms with Crippen LogP contribution in [0.2, 0.25) is 0 Å². The molecule has 0 unspecified atom stereocenters. The summed E-state index contributed by atoms with van der Waals surface area (Å²) in [6, 6.07) is 10.4. The van der Waals surface area contributed by atoms with Crippen molar-refractivity contribution in [2.45, 2.75) is 33.1 Å². The van der Waals surface area contributed by atoms with Crippen molar-refractivity contribution >= 4 is 16.9 Å². The number of para-hydroxylation sites is 1. The van der Waals surface area contributed by atoms with E-state index in [1.54, 1.807) is 0 Å². The molecule has 0 amide bonds. The molecule has 1 N–H and O–H groups in total. The standard InChI is InChI=1S/C22H22O6/c1-13-6-5-7-16(22(2,3)4)21(13)28-18-11-27-17-10-14(26-12-19(23)24)8-9-15(17)20(18)25/h5-11H,12H2,1-4H3,(H,23,24). The largest absolute Gasteiger partial charge is 0.482 e. The lowest BCUT2D eigenvalue weighted by molar-refractivity contribution is -0.139. The van der Waals surface area contributed by atoms with E-state index in [0.29, 0.717) is 22.5 Å². The van der Waals surface area contributed by atoms with Gasteiger partial charge in [0.15, 0.2) is 6.61 Å². The second-order valence-corrected chi connectivity index (χ2v) is 7.57. The quantitative estimate of drug-likeness (QED) is 0.691. The highest BCUT2D eigenvalue weighted by Crippen LogP contribution is 2.36. The van der Waals surface area contributed by atoms with Crippen LogP contribution in [0.5, 0.6) is 17.2 Å². The monoisotopic (exact) mass is 382 g/mol. The predicted molar refractivity (Wildman–Crippen MR) is 106 cm³/mol. The summed E-state index contributed by atoms with van der Waals surface area (Å²) < 4.78 is 16.7. The maximum atomic E-state index is 12.9. The molecule has 0 spiro atoms. The molecule has 1 aromatic heterocycles. The van der Waals surface area contributed by atoms with Gasteiger partial charge in [0.1, 0.15) is 23.3 Å². The minimum Gasteiger partial charge on any atom is -0.482 e. The molecule has 0 saturated carbocycles. The van der Waals surface area contributed by atoms with E-state index in [1.165, 1.54) is 24.5 Å². The summed E-state index contributed by atoms with van der Waals surface area (Å²) in [4.78, 5) is 23.5. The van der Waals surface area contributed by atoms with E-state index >= 15 is 0 Å². The Morgan fingerprint density at radius 2 is 1.93 bits per heavy atom. The van der Waals surface area contributed by atoms with Gasteiger partial charge in [0.05, 0.1) is 5.39 Å². The highest BCUT2D eigenvalue weighted by molar-refractivity contribution is 5.79. The number of rotatable bonds is 5. The lowest BCUT2D eigenvalue weighted by atomic mass is 9.85. The van der Waals surface area contributed by atoms with Crippen LogP contribution in [0.3, 0.4) is 0 Å². The highest BCUT2D eigenvalue weighted by Gasteiger charge is 2.22. The summed E-state index contributed by atoms with van der Waals surface area (Å²) in [7, 11) is 0. The van der Waals surface area contributed by atoms with Crippen LogP contribution in [0.15, 0.2) is 51.9 Å². The zero-order chi connectivity index (χ0) is 20.5. The van der Waals surface area contributed by atoms with Gasteiger partial charge in [-0.3, -0.25) is 4.79 Å². The van der Waals surface area contributed by atoms with Gasteiger partial charge in [0, 0.05) is 11.6 Å². The molecule has 3 rings (SSSR count). The lowest BCUT2D eigenvalue weighted by Crippen LogP contribution is -2.14. The number of fused-ring (bicyclic) bond motifs is 1. The number of benzene rings is 2. The molecule has 0 aliphatic heterocycles. The Balaban J connectivity index is 2.00. The van der Waals surface area contributed by atoms with Crippen LogP contribution < -0.4 is 14.9 Å². The van der Waals surface area contributed by atoms with Gasteiger partial charge >= 0.3 is 5.97 Å². The number of ether oxygens (including phenoxy) is 2. The first-order chi connectivity index (χ1) is 13.2. The summed E-state index contributed by atoms with van der Waals surface area (Å²) in [5.41, 5.74) is 1.73. The number of carboxylic acids is 1. The smallest absolute Gasteiger partial charge is 0.341 e. The normalized spacial score (nSPS) is 11.4. The van der Waals surface area contributed by atoms with Crippen LogP contribution in [-0.2, 0) is 10.2 Å². The van der Waals surface area contributed by atoms with Crippen LogP contribution in [0, 0.1) is 6.92 Å². The maximum Gasteiger partial charge on any atom is 0.341 e. The minimum absolute atomic E-state index is 0.0894. The van der Waals surface area contributed by atoms with E-state index in [9.17, 15) is 9.59 Å². The molecule has 0 bridgehead atoms. The van der Waals surface area contributed by atoms with E-state index in [-0.39, 0.29) is 16.6 Å². The van der Waals surface area contributed by atoms with Gasteiger partial charge in [-0.25, -0.2) is 4.79 Å². The Morgan fingerprint density at radius 1 is 1.18 bits per heavy atom. The second-order valence-electron chi connectivity index (χ2n) is 7.57. The molecule has 6 heteroatoms. The summed E-state index contributed by atoms with van der Waals surface area (Å²) >= 11 is 0. The Labute approximate surface area is 162 Å². The fourth-order valence-corrected chi connectivity index (χ4v) is 2.88. The van der Waals surface area contributed by atoms with Crippen molar-refractivity contribution in [1.29, 1.82) is 0 Å². The average molecular weight is 382 g/mol. The molecule has 0 saturated heterocycles. The van der Waals surface area contributed by atoms with Crippen molar-refractivity contribution in [2.75, 3.05) is 6.61 Å². The molecule has 1 heterocycles. The summed E-state index contributed by atoms with van der Waals surface area (Å²) in [6.07, 6.45) is 1.27. The molecular formula is C22H22O6. The maximum absolute atomic E-state index is 12.9. The number of hydrogen-bond acceptors (Lipinski definition) is 5. The molecule has 0 radical (unpaired) electrons. The summed E-state index contributed by atoms with van der Waals surface area (Å²) in [5.74, 6) is -0.0478. The first-order valence-electron chi connectivity index (χ1n) is 8.85. The van der Waals surface area contributed by atoms with E-state index in [0.717, 1.165) is 11.1 Å². The fourth-order valence-electron chi connectivity index (χ4n) is 2.88. The van der Waals surface area contributed by atoms with Crippen LogP contribution in [0.4, 0.5) is 0 Å². The van der Waals surface area contributed by atoms with Crippen LogP contribution >= 0.6 is 0 Å². The van der Waals surface area contributed by atoms with Crippen molar-refractivity contribution in [3.63, 3.8) is 0 Å². The molecule has 0 fully saturated rings. The number of carboxylic acid groups (broad SMARTS) is 1. The molecule has 2 aromatic carbocycles. The summed E-state index contributed by atoms with van der Waals surface area (Å²) in [6.45, 7) is 7.70. The van der Waals surface area contributed by atoms with Crippen LogP contribution in [-0.4, -0.2) is 17.7 Å². The molecule has 0 atom stereocenters. The predicted octanol–water partition coefficient (Wildman–Crippen LogP) is 4.65. The Bertz CT molecular complexity index is 1090. The van der Waals surface area contributed by atoms with Crippen LogP contribution in [0.1, 0.15) is 31.9 Å². The van der Waals surface area contributed by atoms with Gasteiger partial charge in [-0.2, -0.15) is 0 Å². The molecule has 6 nitrogen and oxygen atoms in total. The van der Waals surface area contributed by atoms with Gasteiger partial charge < -0.3 is 19.0 Å². The first kappa shape index (κ1) is 19.5. The molecule has 146 valence electrons. The Morgan fingerprint density at radius 3 is 2.61 bits per heavy atom. The van der Waals surface area contributed by atoms with Crippen molar-refractivity contribution in [3.05, 3.63) is 64.0 Å². The average Bonchev–Trinajstić information content (AvgIpc) is 2.62. The second kappa shape index (κ2) is 7.38. The van der Waals surface area contributed by atoms with E-state index in [2.05, 4.69) is 20.8 Å². The Hall–Kier alpha value is -3.28. The van der Waals surface area contributed by atoms with E-state index in [1.807, 2.05) is 25.1 Å². The molecule has 0 aliphatic rings. The van der Waals surface area contributed by atoms with Gasteiger partial charge in [-0.1, -0.05) is 39.0 Å². The number of carbonyl (C=O) groups is 1. The zero-order valence-electron chi connectivity index (χ0n) is 16.2. The van der Waals surface area contributed by atoms with Gasteiger partial charge in [-0.15, -0.1) is 0 Å². The highest BCUT2D eigenvalue weighted by atomic mass is 16.5. The first-order valence-corrected chi connectivity index (χ1v) is 8.85. The zero-order valence-corrected chi connectivity index (χ0v) is 16.2. The minimum atomic E-state index is -1.09. The van der Waals surface area contributed by atoms with Crippen LogP contribution in [0.25, 0.3) is 11.0 Å². The topological polar surface area (TPSA) is 86.0 Å². The van der Waals surface area contributed by atoms with Gasteiger partial charge in [-0.05, 0) is 30.0 Å². The van der Waals surface area contributed by atoms with E-state index < -0.39 is 12.6 Å². The van der Waals surface area contributed by atoms with Crippen molar-refractivity contribution in [2.24, 2.45) is 0 Å². The van der Waals surface area contributed by atoms with Gasteiger partial charge in [0.2, 0.25) is 11.2 Å². The third-order valence-electron chi connectivity index (χ3n) is 4.31. The third-order valence-corrected chi connectivity index (χ3v) is 4.31. The molecule has 0 aliphatic carbocycles. The number of aryl methyl sites for hydroxylation is 1. The van der Waals surface area contributed by atoms with Crippen molar-refractivity contribution in [1.82, 2.24) is 0 Å². The fraction of sp³-hybridized carbons (Fsp3) is 0.273. The van der Waals surface area contributed by atoms with Crippen molar-refractivity contribution < 1.29 is 23.8 Å². The SMILES string of the molecule is Cc1cccc(C(C)(C)C)c1Oc1coc2cc(OCC(=O)O)ccc2c1=O. The lowest BCUT2D eigenvalue weighted by Gasteiger charge is -2.23. The molecule has 3 aromatic rings. The number of aliphatic carboxylic acids is 1. The van der Waals surface area contributed by atoms with Crippen molar-refractivity contribution in [3.8, 4) is 17.2 Å². The van der Waals surface area contributed by atoms with E-state index in [4.69, 9.17) is 19.0 Å². The molecular weight excluding hydrogens is 360 g/mol. The van der Waals surface area contributed by atoms with Gasteiger partial charge in [0.25, 0.3) is 0 Å². The number of hydrogen-bond donors (Lipinski definition) is 1. The summed E-state index contributed by atoms with van der Waals surface area (Å²) in [5, 5.41) is 9.02. The Kier molecular flexibility index (Phi) is 5.14.